The predicted octanol–water partition coefficient (Wildman–Crippen LogP) is 7.18. The van der Waals surface area contributed by atoms with Crippen LogP contribution in [0, 0.1) is 6.92 Å². The van der Waals surface area contributed by atoms with Crippen molar-refractivity contribution in [1.29, 1.82) is 0 Å². The van der Waals surface area contributed by atoms with Crippen LogP contribution in [-0.2, 0) is 6.42 Å². The van der Waals surface area contributed by atoms with Crippen LogP contribution in [-0.4, -0.2) is 25.9 Å². The van der Waals surface area contributed by atoms with E-state index >= 15 is 0 Å². The topological polar surface area (TPSA) is 58.0 Å². The molecule has 5 nitrogen and oxygen atoms in total. The second kappa shape index (κ2) is 8.29. The summed E-state index contributed by atoms with van der Waals surface area (Å²) in [6.07, 6.45) is 7.11. The number of benzene rings is 2. The van der Waals surface area contributed by atoms with E-state index in [1.54, 1.807) is 11.3 Å². The van der Waals surface area contributed by atoms with E-state index in [0.717, 1.165) is 35.8 Å². The first-order valence-electron chi connectivity index (χ1n) is 11.7. The summed E-state index contributed by atoms with van der Waals surface area (Å²) in [5, 5.41) is 8.37. The highest BCUT2D eigenvalue weighted by atomic mass is 32.1. The zero-order valence-electron chi connectivity index (χ0n) is 19.6. The zero-order valence-corrected chi connectivity index (χ0v) is 20.4. The van der Waals surface area contributed by atoms with Crippen molar-refractivity contribution >= 4 is 43.7 Å². The van der Waals surface area contributed by atoms with Gasteiger partial charge in [0, 0.05) is 56.8 Å². The molecule has 0 bridgehead atoms. The third-order valence-electron chi connectivity index (χ3n) is 6.44. The number of aromatic nitrogens is 4. The molecule has 6 rings (SSSR count). The fourth-order valence-electron chi connectivity index (χ4n) is 4.69. The van der Waals surface area contributed by atoms with Gasteiger partial charge in [-0.15, -0.1) is 11.3 Å². The van der Waals surface area contributed by atoms with Crippen LogP contribution in [0.3, 0.4) is 0 Å². The maximum atomic E-state index is 5.10. The van der Waals surface area contributed by atoms with Gasteiger partial charge < -0.3 is 10.3 Å². The minimum absolute atomic E-state index is 0.318. The second-order valence-electron chi connectivity index (χ2n) is 9.19. The first-order valence-corrected chi connectivity index (χ1v) is 12.6. The van der Waals surface area contributed by atoms with Crippen LogP contribution in [0.2, 0.25) is 0 Å². The highest BCUT2D eigenvalue weighted by Crippen LogP contribution is 2.35. The highest BCUT2D eigenvalue weighted by molar-refractivity contribution is 7.17. The predicted molar refractivity (Wildman–Crippen MR) is 143 cm³/mol. The van der Waals surface area contributed by atoms with Crippen LogP contribution in [0.25, 0.3) is 37.8 Å². The maximum absolute atomic E-state index is 5.10. The Balaban J connectivity index is 1.39. The van der Waals surface area contributed by atoms with E-state index in [1.807, 2.05) is 6.20 Å². The summed E-state index contributed by atoms with van der Waals surface area (Å²) in [7, 11) is 0. The number of aryl methyl sites for hydroxylation is 1. The van der Waals surface area contributed by atoms with Gasteiger partial charge in [-0.05, 0) is 36.6 Å². The lowest BCUT2D eigenvalue weighted by molar-refractivity contribution is 0.769. The van der Waals surface area contributed by atoms with E-state index in [-0.39, 0.29) is 0 Å². The van der Waals surface area contributed by atoms with Gasteiger partial charge in [0.25, 0.3) is 0 Å². The van der Waals surface area contributed by atoms with Crippen molar-refractivity contribution in [2.45, 2.75) is 33.1 Å². The molecule has 0 aliphatic heterocycles. The number of H-pyrrole nitrogens is 1. The van der Waals surface area contributed by atoms with Gasteiger partial charge in [-0.1, -0.05) is 44.2 Å². The lowest BCUT2D eigenvalue weighted by Gasteiger charge is -2.12. The summed E-state index contributed by atoms with van der Waals surface area (Å²) in [5.41, 5.74) is 6.92. The van der Waals surface area contributed by atoms with E-state index in [9.17, 15) is 0 Å². The molecule has 4 heterocycles. The lowest BCUT2D eigenvalue weighted by Crippen LogP contribution is -2.09. The second-order valence-corrected chi connectivity index (χ2v) is 10.1. The van der Waals surface area contributed by atoms with Crippen LogP contribution < -0.4 is 5.32 Å². The Labute approximate surface area is 202 Å². The van der Waals surface area contributed by atoms with Gasteiger partial charge in [0.2, 0.25) is 0 Å². The van der Waals surface area contributed by atoms with Gasteiger partial charge >= 0.3 is 0 Å². The zero-order chi connectivity index (χ0) is 23.2. The van der Waals surface area contributed by atoms with Gasteiger partial charge in [0.15, 0.2) is 5.82 Å². The number of thiophene rings is 1. The van der Waals surface area contributed by atoms with E-state index in [2.05, 4.69) is 95.7 Å². The summed E-state index contributed by atoms with van der Waals surface area (Å²) in [4.78, 5) is 13.2. The minimum Gasteiger partial charge on any atom is -0.368 e. The number of fused-ring (bicyclic) bond motifs is 3. The van der Waals surface area contributed by atoms with Crippen LogP contribution >= 0.6 is 11.3 Å². The van der Waals surface area contributed by atoms with Crippen molar-refractivity contribution < 1.29 is 0 Å². The van der Waals surface area contributed by atoms with Gasteiger partial charge in [-0.3, -0.25) is 4.40 Å². The number of hydrogen-bond donors (Lipinski definition) is 2. The molecule has 170 valence electrons. The molecule has 0 aliphatic carbocycles. The van der Waals surface area contributed by atoms with Crippen molar-refractivity contribution in [2.75, 3.05) is 11.9 Å². The third-order valence-corrected chi connectivity index (χ3v) is 7.38. The number of nitrogens with zero attached hydrogens (tertiary/aromatic N) is 3. The third kappa shape index (κ3) is 3.55. The van der Waals surface area contributed by atoms with Crippen LogP contribution in [0.5, 0.6) is 0 Å². The molecule has 0 spiro atoms. The Kier molecular flexibility index (Phi) is 5.11. The SMILES string of the molecule is Cc1ccc2c(-c3cn4c(C(C)C)ncc4c(NCCc4c[nH]c5ccccc45)n3)csc2c1. The summed E-state index contributed by atoms with van der Waals surface area (Å²) in [6, 6.07) is 15.1. The van der Waals surface area contributed by atoms with Gasteiger partial charge in [0.05, 0.1) is 11.9 Å². The Morgan fingerprint density at radius 2 is 2.00 bits per heavy atom. The molecule has 6 heteroatoms. The molecule has 0 atom stereocenters. The Morgan fingerprint density at radius 3 is 2.88 bits per heavy atom. The van der Waals surface area contributed by atoms with Crippen molar-refractivity contribution in [3.63, 3.8) is 0 Å². The molecular weight excluding hydrogens is 438 g/mol. The Morgan fingerprint density at radius 1 is 1.12 bits per heavy atom. The minimum atomic E-state index is 0.318. The van der Waals surface area contributed by atoms with Crippen LogP contribution in [0.1, 0.15) is 36.7 Å². The molecule has 0 aliphatic rings. The molecule has 0 saturated carbocycles. The number of nitrogens with one attached hydrogen (secondary N) is 2. The van der Waals surface area contributed by atoms with Crippen LogP contribution in [0.4, 0.5) is 5.82 Å². The number of rotatable bonds is 6. The molecule has 4 aromatic heterocycles. The van der Waals surface area contributed by atoms with E-state index < -0.39 is 0 Å². The van der Waals surface area contributed by atoms with E-state index in [4.69, 9.17) is 9.97 Å². The fourth-order valence-corrected chi connectivity index (χ4v) is 5.74. The molecule has 6 aromatic rings. The van der Waals surface area contributed by atoms with E-state index in [1.165, 1.54) is 37.7 Å². The maximum Gasteiger partial charge on any atom is 0.152 e. The van der Waals surface area contributed by atoms with Gasteiger partial charge in [-0.2, -0.15) is 0 Å². The highest BCUT2D eigenvalue weighted by Gasteiger charge is 2.16. The van der Waals surface area contributed by atoms with Gasteiger partial charge in [0.1, 0.15) is 11.3 Å². The molecule has 0 saturated heterocycles. The molecule has 0 fully saturated rings. The smallest absolute Gasteiger partial charge is 0.152 e. The molecular formula is C28H27N5S. The number of hydrogen-bond acceptors (Lipinski definition) is 4. The normalized spacial score (nSPS) is 11.9. The summed E-state index contributed by atoms with van der Waals surface area (Å²) in [5.74, 6) is 2.25. The average molecular weight is 466 g/mol. The van der Waals surface area contributed by atoms with E-state index in [0.29, 0.717) is 5.92 Å². The monoisotopic (exact) mass is 465 g/mol. The first kappa shape index (κ1) is 20.9. The number of imidazole rings is 1. The molecule has 2 aromatic carbocycles. The Hall–Kier alpha value is -3.64. The van der Waals surface area contributed by atoms with Crippen molar-refractivity contribution in [1.82, 2.24) is 19.4 Å². The van der Waals surface area contributed by atoms with Crippen molar-refractivity contribution in [3.8, 4) is 11.3 Å². The molecule has 34 heavy (non-hydrogen) atoms. The first-order chi connectivity index (χ1) is 16.6. The molecule has 0 amide bonds. The summed E-state index contributed by atoms with van der Waals surface area (Å²) >= 11 is 1.78. The molecule has 2 N–H and O–H groups in total. The standard InChI is InChI=1S/C28H27N5S/c1-17(2)28-31-14-25-27(29-11-10-19-13-30-23-7-5-4-6-20(19)23)32-24(15-33(25)28)22-16-34-26-12-18(3)8-9-21(22)26/h4-9,12-17,30H,10-11H2,1-3H3,(H,29,32). The number of anilines is 1. The van der Waals surface area contributed by atoms with Gasteiger partial charge in [-0.25, -0.2) is 9.97 Å². The number of para-hydroxylation sites is 1. The quantitative estimate of drug-likeness (QED) is 0.274. The largest absolute Gasteiger partial charge is 0.368 e. The van der Waals surface area contributed by atoms with Crippen molar-refractivity contribution in [2.24, 2.45) is 0 Å². The summed E-state index contributed by atoms with van der Waals surface area (Å²) in [6.45, 7) is 7.29. The lowest BCUT2D eigenvalue weighted by atomic mass is 10.1. The number of aromatic amines is 1. The molecule has 0 radical (unpaired) electrons. The fraction of sp³-hybridized carbons (Fsp3) is 0.214. The summed E-state index contributed by atoms with van der Waals surface area (Å²) < 4.78 is 3.50. The Bertz CT molecular complexity index is 1640. The van der Waals surface area contributed by atoms with Crippen molar-refractivity contribution in [3.05, 3.63) is 83.4 Å². The molecule has 0 unspecified atom stereocenters. The average Bonchev–Trinajstić information content (AvgIpc) is 3.55. The van der Waals surface area contributed by atoms with Crippen LogP contribution in [0.15, 0.2) is 66.4 Å².